The van der Waals surface area contributed by atoms with E-state index < -0.39 is 16.1 Å². The smallest absolute Gasteiger partial charge is 0.242 e. The molecule has 0 bridgehead atoms. The molecular formula is C12H14ClN3O2S2. The predicted octanol–water partition coefficient (Wildman–Crippen LogP) is 2.73. The SMILES string of the molecule is Cc1cc(Cl)c(S(=O)(=O)NC(C)c2nccs2)cc1N. The van der Waals surface area contributed by atoms with Crippen LogP contribution in [0.2, 0.25) is 5.02 Å². The van der Waals surface area contributed by atoms with Crippen LogP contribution in [0.1, 0.15) is 23.5 Å². The molecule has 5 nitrogen and oxygen atoms in total. The second-order valence-electron chi connectivity index (χ2n) is 4.35. The lowest BCUT2D eigenvalue weighted by Crippen LogP contribution is -2.27. The summed E-state index contributed by atoms with van der Waals surface area (Å²) in [6.07, 6.45) is 1.63. The third-order valence-electron chi connectivity index (χ3n) is 2.76. The molecule has 8 heteroatoms. The molecule has 0 aliphatic rings. The van der Waals surface area contributed by atoms with Gasteiger partial charge in [0.2, 0.25) is 10.0 Å². The Hall–Kier alpha value is -1.15. The molecule has 0 fully saturated rings. The normalized spacial score (nSPS) is 13.3. The molecule has 1 atom stereocenters. The van der Waals surface area contributed by atoms with Crippen molar-refractivity contribution in [2.45, 2.75) is 24.8 Å². The molecule has 1 aromatic carbocycles. The second-order valence-corrected chi connectivity index (χ2v) is 7.37. The van der Waals surface area contributed by atoms with E-state index >= 15 is 0 Å². The Kier molecular flexibility index (Phi) is 4.33. The predicted molar refractivity (Wildman–Crippen MR) is 81.5 cm³/mol. The zero-order chi connectivity index (χ0) is 14.9. The van der Waals surface area contributed by atoms with Gasteiger partial charge in [-0.25, -0.2) is 18.1 Å². The number of sulfonamides is 1. The number of rotatable bonds is 4. The van der Waals surface area contributed by atoms with Crippen molar-refractivity contribution in [2.24, 2.45) is 0 Å². The first-order valence-electron chi connectivity index (χ1n) is 5.78. The van der Waals surface area contributed by atoms with Gasteiger partial charge in [-0.2, -0.15) is 0 Å². The highest BCUT2D eigenvalue weighted by molar-refractivity contribution is 7.89. The molecule has 0 saturated heterocycles. The van der Waals surface area contributed by atoms with Gasteiger partial charge in [0.25, 0.3) is 0 Å². The number of nitrogen functional groups attached to an aromatic ring is 1. The second kappa shape index (κ2) is 5.69. The van der Waals surface area contributed by atoms with Crippen molar-refractivity contribution in [3.8, 4) is 0 Å². The van der Waals surface area contributed by atoms with Crippen LogP contribution in [0.25, 0.3) is 0 Å². The zero-order valence-electron chi connectivity index (χ0n) is 10.9. The van der Waals surface area contributed by atoms with Gasteiger partial charge in [0.1, 0.15) is 9.90 Å². The molecule has 1 unspecified atom stereocenters. The first-order chi connectivity index (χ1) is 9.31. The molecule has 0 amide bonds. The van der Waals surface area contributed by atoms with Crippen molar-refractivity contribution < 1.29 is 8.42 Å². The Morgan fingerprint density at radius 1 is 1.45 bits per heavy atom. The summed E-state index contributed by atoms with van der Waals surface area (Å²) < 4.78 is 27.2. The van der Waals surface area contributed by atoms with E-state index in [9.17, 15) is 8.42 Å². The maximum atomic E-state index is 12.3. The van der Waals surface area contributed by atoms with Crippen LogP contribution >= 0.6 is 22.9 Å². The van der Waals surface area contributed by atoms with E-state index in [1.165, 1.54) is 17.4 Å². The lowest BCUT2D eigenvalue weighted by molar-refractivity contribution is 0.566. The van der Waals surface area contributed by atoms with E-state index in [0.29, 0.717) is 10.7 Å². The van der Waals surface area contributed by atoms with Crippen LogP contribution in [-0.4, -0.2) is 13.4 Å². The Morgan fingerprint density at radius 2 is 2.15 bits per heavy atom. The van der Waals surface area contributed by atoms with Gasteiger partial charge in [0.05, 0.1) is 11.1 Å². The average Bonchev–Trinajstić information content (AvgIpc) is 2.86. The summed E-state index contributed by atoms with van der Waals surface area (Å²) in [6.45, 7) is 3.49. The molecule has 20 heavy (non-hydrogen) atoms. The zero-order valence-corrected chi connectivity index (χ0v) is 13.3. The highest BCUT2D eigenvalue weighted by Crippen LogP contribution is 2.28. The van der Waals surface area contributed by atoms with Crippen molar-refractivity contribution in [1.82, 2.24) is 9.71 Å². The fourth-order valence-corrected chi connectivity index (χ4v) is 4.21. The Labute approximate surface area is 126 Å². The molecule has 0 aliphatic heterocycles. The number of thiazole rings is 1. The number of aryl methyl sites for hydroxylation is 1. The third-order valence-corrected chi connectivity index (χ3v) is 5.73. The van der Waals surface area contributed by atoms with Crippen LogP contribution < -0.4 is 10.5 Å². The molecule has 1 heterocycles. The van der Waals surface area contributed by atoms with Crippen LogP contribution in [0.5, 0.6) is 0 Å². The van der Waals surface area contributed by atoms with Gasteiger partial charge in [0.15, 0.2) is 0 Å². The van der Waals surface area contributed by atoms with Gasteiger partial charge in [-0.3, -0.25) is 0 Å². The lowest BCUT2D eigenvalue weighted by Gasteiger charge is -2.14. The van der Waals surface area contributed by atoms with E-state index in [1.807, 2.05) is 0 Å². The van der Waals surface area contributed by atoms with Crippen molar-refractivity contribution in [3.63, 3.8) is 0 Å². The van der Waals surface area contributed by atoms with Crippen molar-refractivity contribution in [1.29, 1.82) is 0 Å². The molecule has 3 N–H and O–H groups in total. The van der Waals surface area contributed by atoms with Crippen molar-refractivity contribution in [3.05, 3.63) is 39.3 Å². The summed E-state index contributed by atoms with van der Waals surface area (Å²) in [5.74, 6) is 0. The van der Waals surface area contributed by atoms with Gasteiger partial charge >= 0.3 is 0 Å². The Balaban J connectivity index is 2.34. The number of anilines is 1. The maximum Gasteiger partial charge on any atom is 0.242 e. The lowest BCUT2D eigenvalue weighted by atomic mass is 10.2. The summed E-state index contributed by atoms with van der Waals surface area (Å²) in [7, 11) is -3.75. The largest absolute Gasteiger partial charge is 0.398 e. The molecule has 1 aromatic heterocycles. The monoisotopic (exact) mass is 331 g/mol. The van der Waals surface area contributed by atoms with Crippen molar-refractivity contribution in [2.75, 3.05) is 5.73 Å². The van der Waals surface area contributed by atoms with Gasteiger partial charge < -0.3 is 5.73 Å². The van der Waals surface area contributed by atoms with E-state index in [-0.39, 0.29) is 9.92 Å². The number of nitrogens with two attached hydrogens (primary N) is 1. The highest BCUT2D eigenvalue weighted by atomic mass is 35.5. The molecular weight excluding hydrogens is 318 g/mol. The number of halogens is 1. The van der Waals surface area contributed by atoms with E-state index in [1.54, 1.807) is 31.5 Å². The molecule has 0 saturated carbocycles. The molecule has 2 aromatic rings. The highest BCUT2D eigenvalue weighted by Gasteiger charge is 2.23. The fourth-order valence-electron chi connectivity index (χ4n) is 1.67. The third kappa shape index (κ3) is 3.12. The summed E-state index contributed by atoms with van der Waals surface area (Å²) in [5.41, 5.74) is 6.87. The minimum atomic E-state index is -3.75. The number of aromatic nitrogens is 1. The van der Waals surface area contributed by atoms with E-state index in [0.717, 1.165) is 5.56 Å². The Morgan fingerprint density at radius 3 is 2.75 bits per heavy atom. The topological polar surface area (TPSA) is 85.1 Å². The first kappa shape index (κ1) is 15.2. The molecule has 108 valence electrons. The van der Waals surface area contributed by atoms with Crippen molar-refractivity contribution >= 4 is 38.6 Å². The first-order valence-corrected chi connectivity index (χ1v) is 8.52. The minimum absolute atomic E-state index is 0.0225. The summed E-state index contributed by atoms with van der Waals surface area (Å²) >= 11 is 7.39. The summed E-state index contributed by atoms with van der Waals surface area (Å²) in [4.78, 5) is 4.06. The van der Waals surface area contributed by atoms with Gasteiger partial charge in [-0.1, -0.05) is 11.6 Å². The number of hydrogen-bond acceptors (Lipinski definition) is 5. The number of nitrogens with zero attached hydrogens (tertiary/aromatic N) is 1. The average molecular weight is 332 g/mol. The quantitative estimate of drug-likeness (QED) is 0.843. The summed E-state index contributed by atoms with van der Waals surface area (Å²) in [5, 5.41) is 2.62. The number of nitrogens with one attached hydrogen (secondary N) is 1. The van der Waals surface area contributed by atoms with Crippen LogP contribution in [-0.2, 0) is 10.0 Å². The minimum Gasteiger partial charge on any atom is -0.398 e. The van der Waals surface area contributed by atoms with E-state index in [2.05, 4.69) is 9.71 Å². The molecule has 2 rings (SSSR count). The molecule has 0 aliphatic carbocycles. The maximum absolute atomic E-state index is 12.3. The number of benzene rings is 1. The Bertz CT molecular complexity index is 715. The standard InChI is InChI=1S/C12H14ClN3O2S2/c1-7-5-9(13)11(6-10(7)14)20(17,18)16-8(2)12-15-3-4-19-12/h3-6,8,16H,14H2,1-2H3. The number of hydrogen-bond donors (Lipinski definition) is 2. The van der Waals surface area contributed by atoms with Gasteiger partial charge in [-0.05, 0) is 31.5 Å². The van der Waals surface area contributed by atoms with Gasteiger partial charge in [-0.15, -0.1) is 11.3 Å². The van der Waals surface area contributed by atoms with E-state index in [4.69, 9.17) is 17.3 Å². The molecule has 0 spiro atoms. The van der Waals surface area contributed by atoms with Crippen LogP contribution in [0.3, 0.4) is 0 Å². The van der Waals surface area contributed by atoms with Gasteiger partial charge in [0, 0.05) is 17.3 Å². The fraction of sp³-hybridized carbons (Fsp3) is 0.250. The molecule has 0 radical (unpaired) electrons. The summed E-state index contributed by atoms with van der Waals surface area (Å²) in [6, 6.07) is 2.48. The van der Waals surface area contributed by atoms with Crippen LogP contribution in [0, 0.1) is 6.92 Å². The van der Waals surface area contributed by atoms with Crippen LogP contribution in [0.15, 0.2) is 28.6 Å². The van der Waals surface area contributed by atoms with Crippen LogP contribution in [0.4, 0.5) is 5.69 Å².